The average Bonchev–Trinajstić information content (AvgIpc) is 1.63. The summed E-state index contributed by atoms with van der Waals surface area (Å²) in [6.45, 7) is 3.00. The van der Waals surface area contributed by atoms with Crippen molar-refractivity contribution in [3.05, 3.63) is 0 Å². The SMILES string of the molecule is CC(=O)N=C(C)CC=O. The van der Waals surface area contributed by atoms with E-state index in [1.54, 1.807) is 6.92 Å². The Morgan fingerprint density at radius 2 is 2.11 bits per heavy atom. The lowest BCUT2D eigenvalue weighted by molar-refractivity contribution is -0.115. The van der Waals surface area contributed by atoms with E-state index in [2.05, 4.69) is 4.99 Å². The zero-order valence-corrected chi connectivity index (χ0v) is 5.55. The Kier molecular flexibility index (Phi) is 3.51. The Morgan fingerprint density at radius 1 is 1.56 bits per heavy atom. The molecule has 0 rings (SSSR count). The topological polar surface area (TPSA) is 46.5 Å². The van der Waals surface area contributed by atoms with Gasteiger partial charge in [0.1, 0.15) is 6.29 Å². The molecule has 0 aromatic rings. The van der Waals surface area contributed by atoms with E-state index >= 15 is 0 Å². The van der Waals surface area contributed by atoms with Gasteiger partial charge in [0, 0.05) is 19.1 Å². The summed E-state index contributed by atoms with van der Waals surface area (Å²) in [5.41, 5.74) is 0.567. The van der Waals surface area contributed by atoms with E-state index in [4.69, 9.17) is 0 Å². The molecule has 0 aromatic heterocycles. The van der Waals surface area contributed by atoms with E-state index < -0.39 is 0 Å². The maximum Gasteiger partial charge on any atom is 0.242 e. The number of hydrogen-bond donors (Lipinski definition) is 0. The Balaban J connectivity index is 3.83. The number of rotatable bonds is 2. The molecule has 1 amide bonds. The summed E-state index contributed by atoms with van der Waals surface area (Å²) >= 11 is 0. The average molecular weight is 127 g/mol. The van der Waals surface area contributed by atoms with Crippen LogP contribution in [-0.4, -0.2) is 17.9 Å². The number of aliphatic imine (C=N–C) groups is 1. The number of carbonyl (C=O) groups excluding carboxylic acids is 2. The van der Waals surface area contributed by atoms with Crippen molar-refractivity contribution < 1.29 is 9.59 Å². The first kappa shape index (κ1) is 8.01. The minimum Gasteiger partial charge on any atom is -0.303 e. The highest BCUT2D eigenvalue weighted by molar-refractivity contribution is 5.99. The maximum atomic E-state index is 10.2. The third-order valence-corrected chi connectivity index (χ3v) is 0.727. The first-order chi connectivity index (χ1) is 4.16. The highest BCUT2D eigenvalue weighted by atomic mass is 16.1. The maximum absolute atomic E-state index is 10.2. The van der Waals surface area contributed by atoms with Crippen molar-refractivity contribution in [1.29, 1.82) is 0 Å². The molecule has 0 bridgehead atoms. The van der Waals surface area contributed by atoms with Crippen molar-refractivity contribution in [3.63, 3.8) is 0 Å². The van der Waals surface area contributed by atoms with Gasteiger partial charge in [0.25, 0.3) is 0 Å². The lowest BCUT2D eigenvalue weighted by Crippen LogP contribution is -1.95. The molecule has 0 heterocycles. The standard InChI is InChI=1S/C6H9NO2/c1-5(3-4-8)7-6(2)9/h4H,3H2,1-2H3. The molecular formula is C6H9NO2. The van der Waals surface area contributed by atoms with Crippen LogP contribution >= 0.6 is 0 Å². The monoisotopic (exact) mass is 127 g/mol. The molecule has 3 heteroatoms. The van der Waals surface area contributed by atoms with Crippen molar-refractivity contribution in [2.75, 3.05) is 0 Å². The van der Waals surface area contributed by atoms with E-state index in [1.807, 2.05) is 0 Å². The zero-order chi connectivity index (χ0) is 7.28. The summed E-state index contributed by atoms with van der Waals surface area (Å²) in [6.07, 6.45) is 0.974. The third-order valence-electron chi connectivity index (χ3n) is 0.727. The van der Waals surface area contributed by atoms with Gasteiger partial charge in [0.05, 0.1) is 0 Å². The van der Waals surface area contributed by atoms with Crippen molar-refractivity contribution in [3.8, 4) is 0 Å². The molecule has 0 unspecified atom stereocenters. The van der Waals surface area contributed by atoms with Crippen LogP contribution in [0.5, 0.6) is 0 Å². The van der Waals surface area contributed by atoms with Gasteiger partial charge in [-0.15, -0.1) is 0 Å². The Morgan fingerprint density at radius 3 is 2.44 bits per heavy atom. The Bertz CT molecular complexity index is 149. The van der Waals surface area contributed by atoms with Crippen LogP contribution < -0.4 is 0 Å². The lowest BCUT2D eigenvalue weighted by atomic mass is 10.3. The van der Waals surface area contributed by atoms with Gasteiger partial charge in [-0.1, -0.05) is 0 Å². The van der Waals surface area contributed by atoms with Crippen LogP contribution in [0.3, 0.4) is 0 Å². The molecular weight excluding hydrogens is 118 g/mol. The molecule has 0 saturated carbocycles. The van der Waals surface area contributed by atoms with Gasteiger partial charge in [0.15, 0.2) is 0 Å². The second-order valence-corrected chi connectivity index (χ2v) is 1.74. The number of nitrogens with zero attached hydrogens (tertiary/aromatic N) is 1. The lowest BCUT2D eigenvalue weighted by Gasteiger charge is -1.87. The van der Waals surface area contributed by atoms with E-state index in [0.717, 1.165) is 6.29 Å². The second kappa shape index (κ2) is 3.95. The molecule has 0 aliphatic carbocycles. The minimum absolute atomic E-state index is 0.250. The number of amides is 1. The summed E-state index contributed by atoms with van der Waals surface area (Å²) in [7, 11) is 0. The Hall–Kier alpha value is -0.990. The molecule has 0 aliphatic rings. The van der Waals surface area contributed by atoms with Gasteiger partial charge < -0.3 is 4.79 Å². The second-order valence-electron chi connectivity index (χ2n) is 1.74. The molecule has 3 nitrogen and oxygen atoms in total. The predicted molar refractivity (Wildman–Crippen MR) is 34.5 cm³/mol. The first-order valence-electron chi connectivity index (χ1n) is 2.65. The van der Waals surface area contributed by atoms with Crippen LogP contribution in [0.1, 0.15) is 20.3 Å². The number of hydrogen-bond acceptors (Lipinski definition) is 2. The quantitative estimate of drug-likeness (QED) is 0.402. The van der Waals surface area contributed by atoms with E-state index in [9.17, 15) is 9.59 Å². The molecule has 0 atom stereocenters. The van der Waals surface area contributed by atoms with E-state index in [-0.39, 0.29) is 12.3 Å². The van der Waals surface area contributed by atoms with Gasteiger partial charge in [0.2, 0.25) is 5.91 Å². The van der Waals surface area contributed by atoms with Crippen molar-refractivity contribution in [1.82, 2.24) is 0 Å². The fourth-order valence-electron chi connectivity index (χ4n) is 0.435. The minimum atomic E-state index is -0.255. The van der Waals surface area contributed by atoms with Crippen LogP contribution in [0.15, 0.2) is 4.99 Å². The van der Waals surface area contributed by atoms with Crippen LogP contribution in [-0.2, 0) is 9.59 Å². The van der Waals surface area contributed by atoms with Gasteiger partial charge in [-0.05, 0) is 6.92 Å². The van der Waals surface area contributed by atoms with Crippen molar-refractivity contribution >= 4 is 17.9 Å². The third kappa shape index (κ3) is 4.87. The number of aldehydes is 1. The normalized spacial score (nSPS) is 11.1. The van der Waals surface area contributed by atoms with Crippen molar-refractivity contribution in [2.24, 2.45) is 4.99 Å². The van der Waals surface area contributed by atoms with Crippen molar-refractivity contribution in [2.45, 2.75) is 20.3 Å². The molecule has 0 aliphatic heterocycles. The van der Waals surface area contributed by atoms with E-state index in [1.165, 1.54) is 6.92 Å². The highest BCUT2D eigenvalue weighted by Crippen LogP contribution is 1.82. The van der Waals surface area contributed by atoms with Gasteiger partial charge in [-0.25, -0.2) is 4.99 Å². The van der Waals surface area contributed by atoms with Gasteiger partial charge in [-0.3, -0.25) is 4.79 Å². The first-order valence-corrected chi connectivity index (χ1v) is 2.65. The molecule has 0 N–H and O–H groups in total. The largest absolute Gasteiger partial charge is 0.303 e. The van der Waals surface area contributed by atoms with Crippen LogP contribution in [0.4, 0.5) is 0 Å². The molecule has 0 saturated heterocycles. The summed E-state index contributed by atoms with van der Waals surface area (Å²) in [5.74, 6) is -0.255. The molecule has 9 heavy (non-hydrogen) atoms. The predicted octanol–water partition coefficient (Wildman–Crippen LogP) is 0.583. The van der Waals surface area contributed by atoms with Crippen LogP contribution in [0.25, 0.3) is 0 Å². The van der Waals surface area contributed by atoms with Gasteiger partial charge in [-0.2, -0.15) is 0 Å². The fourth-order valence-corrected chi connectivity index (χ4v) is 0.435. The van der Waals surface area contributed by atoms with Crippen LogP contribution in [0.2, 0.25) is 0 Å². The van der Waals surface area contributed by atoms with E-state index in [0.29, 0.717) is 5.71 Å². The molecule has 0 spiro atoms. The fraction of sp³-hybridized carbons (Fsp3) is 0.500. The Labute approximate surface area is 53.8 Å². The molecule has 0 aromatic carbocycles. The summed E-state index contributed by atoms with van der Waals surface area (Å²) in [5, 5.41) is 0. The smallest absolute Gasteiger partial charge is 0.242 e. The van der Waals surface area contributed by atoms with Crippen LogP contribution in [0, 0.1) is 0 Å². The molecule has 0 radical (unpaired) electrons. The molecule has 50 valence electrons. The zero-order valence-electron chi connectivity index (χ0n) is 5.55. The summed E-state index contributed by atoms with van der Waals surface area (Å²) in [6, 6.07) is 0. The summed E-state index contributed by atoms with van der Waals surface area (Å²) < 4.78 is 0. The number of carbonyl (C=O) groups is 2. The van der Waals surface area contributed by atoms with Gasteiger partial charge >= 0.3 is 0 Å². The molecule has 0 fully saturated rings. The summed E-state index contributed by atoms with van der Waals surface area (Å²) in [4.78, 5) is 23.5. The highest BCUT2D eigenvalue weighted by Gasteiger charge is 1.90.